The van der Waals surface area contributed by atoms with Crippen molar-refractivity contribution in [3.63, 3.8) is 0 Å². The van der Waals surface area contributed by atoms with Crippen molar-refractivity contribution in [1.82, 2.24) is 0 Å². The summed E-state index contributed by atoms with van der Waals surface area (Å²) in [6.45, 7) is 4.36. The molecule has 4 nitrogen and oxygen atoms in total. The largest absolute Gasteiger partial charge is 0.848 e. The maximum Gasteiger partial charge on any atom is 0.336 e. The Kier molecular flexibility index (Phi) is 7.67. The van der Waals surface area contributed by atoms with Gasteiger partial charge in [-0.25, -0.2) is 0 Å². The molecule has 0 radical (unpaired) electrons. The van der Waals surface area contributed by atoms with Gasteiger partial charge in [0, 0.05) is 0 Å². The molecule has 0 aliphatic heterocycles. The average Bonchev–Trinajstić information content (AvgIpc) is 2.93. The van der Waals surface area contributed by atoms with E-state index in [2.05, 4.69) is 122 Å². The molecule has 0 saturated carbocycles. The van der Waals surface area contributed by atoms with Gasteiger partial charge >= 0.3 is 5.96 Å². The van der Waals surface area contributed by atoms with Crippen LogP contribution in [-0.2, 0) is 0 Å². The third-order valence-corrected chi connectivity index (χ3v) is 7.88. The van der Waals surface area contributed by atoms with E-state index in [1.165, 1.54) is 43.1 Å². The Labute approximate surface area is 229 Å². The minimum absolute atomic E-state index is 0.0833. The van der Waals surface area contributed by atoms with Gasteiger partial charge in [0.25, 0.3) is 0 Å². The van der Waals surface area contributed by atoms with Crippen LogP contribution in [0.2, 0.25) is 0 Å². The van der Waals surface area contributed by atoms with Gasteiger partial charge < -0.3 is 5.11 Å². The lowest BCUT2D eigenvalue weighted by molar-refractivity contribution is -0.440. The van der Waals surface area contributed by atoms with Crippen LogP contribution in [0, 0.1) is 5.92 Å². The molecule has 2 unspecified atom stereocenters. The molecule has 4 heteroatoms. The summed E-state index contributed by atoms with van der Waals surface area (Å²) >= 11 is 0. The lowest BCUT2D eigenvalue weighted by atomic mass is 9.86. The lowest BCUT2D eigenvalue weighted by Crippen LogP contribution is -2.51. The van der Waals surface area contributed by atoms with Crippen LogP contribution in [0.5, 0.6) is 0 Å². The summed E-state index contributed by atoms with van der Waals surface area (Å²) in [5.41, 5.74) is 10.1. The molecule has 0 aliphatic carbocycles. The van der Waals surface area contributed by atoms with Crippen LogP contribution in [0.1, 0.15) is 51.2 Å². The van der Waals surface area contributed by atoms with Gasteiger partial charge in [-0.05, 0) is 90.3 Å². The number of unbranched alkanes of at least 4 members (excludes halogenated alkanes) is 1. The highest BCUT2D eigenvalue weighted by atomic mass is 16.3. The predicted molar refractivity (Wildman–Crippen MR) is 165 cm³/mol. The van der Waals surface area contributed by atoms with E-state index in [-0.39, 0.29) is 11.9 Å². The van der Waals surface area contributed by atoms with Gasteiger partial charge in [-0.1, -0.05) is 112 Å². The molecule has 198 valence electrons. The highest BCUT2D eigenvalue weighted by molar-refractivity contribution is 6.16. The standard InChI is InChI=1S/C34H31O.CH5N3/c1-3-5-9-22(4-2)34(35)30-13-8-12-25-18-26-14-15-27-19-28-16-23-10-6-7-11-24(23)17-29(28)20-31(27)33(26)21-32(25)30;2-1(3)4/h6-8,10-22,34H,3-5,9H2,1-2H3;(H5,2,3,4)/q-1;/p+1. The first-order valence-corrected chi connectivity index (χ1v) is 13.9. The van der Waals surface area contributed by atoms with E-state index in [4.69, 9.17) is 0 Å². The van der Waals surface area contributed by atoms with E-state index in [0.717, 1.165) is 42.0 Å². The SMILES string of the molecule is CCCCC(CC)C([O-])c1cccc2cc3ccc4cc5cc6ccccc6cc5cc4c3cc12.NC(N)=[NH2+]. The summed E-state index contributed by atoms with van der Waals surface area (Å²) in [6.07, 6.45) is 3.51. The molecule has 0 aromatic heterocycles. The molecule has 0 spiro atoms. The topological polar surface area (TPSA) is 101 Å². The molecule has 39 heavy (non-hydrogen) atoms. The van der Waals surface area contributed by atoms with Crippen molar-refractivity contribution in [2.45, 2.75) is 45.6 Å². The highest BCUT2D eigenvalue weighted by Crippen LogP contribution is 2.37. The van der Waals surface area contributed by atoms with Crippen LogP contribution in [-0.4, -0.2) is 5.96 Å². The number of benzene rings is 6. The first kappa shape index (κ1) is 26.5. The second kappa shape index (κ2) is 11.3. The minimum atomic E-state index is -0.685. The summed E-state index contributed by atoms with van der Waals surface area (Å²) in [5, 5.41) is 30.5. The molecule has 2 atom stereocenters. The number of hydrogen-bond donors (Lipinski definition) is 3. The van der Waals surface area contributed by atoms with Crippen LogP contribution >= 0.6 is 0 Å². The summed E-state index contributed by atoms with van der Waals surface area (Å²) in [4.78, 5) is 0. The smallest absolute Gasteiger partial charge is 0.336 e. The van der Waals surface area contributed by atoms with Crippen molar-refractivity contribution in [1.29, 1.82) is 0 Å². The summed E-state index contributed by atoms with van der Waals surface area (Å²) in [7, 11) is 0. The number of fused-ring (bicyclic) bond motifs is 6. The molecular weight excluding hydrogens is 478 g/mol. The molecule has 6 aromatic rings. The first-order valence-electron chi connectivity index (χ1n) is 13.9. The summed E-state index contributed by atoms with van der Waals surface area (Å²) in [6, 6.07) is 33.0. The highest BCUT2D eigenvalue weighted by Gasteiger charge is 2.15. The van der Waals surface area contributed by atoms with Crippen LogP contribution in [0.25, 0.3) is 53.9 Å². The van der Waals surface area contributed by atoms with Crippen molar-refractivity contribution in [3.8, 4) is 0 Å². The zero-order valence-corrected chi connectivity index (χ0v) is 22.8. The van der Waals surface area contributed by atoms with Crippen molar-refractivity contribution in [3.05, 3.63) is 96.6 Å². The normalized spacial score (nSPS) is 13.0. The van der Waals surface area contributed by atoms with E-state index < -0.39 is 6.10 Å². The fourth-order valence-electron chi connectivity index (χ4n) is 5.84. The average molecular weight is 516 g/mol. The van der Waals surface area contributed by atoms with Crippen LogP contribution < -0.4 is 22.0 Å². The van der Waals surface area contributed by atoms with E-state index in [9.17, 15) is 5.11 Å². The molecule has 0 aliphatic rings. The summed E-state index contributed by atoms with van der Waals surface area (Å²) < 4.78 is 0. The third-order valence-electron chi connectivity index (χ3n) is 7.88. The molecule has 6 rings (SSSR count). The Morgan fingerprint density at radius 3 is 1.79 bits per heavy atom. The maximum absolute atomic E-state index is 13.7. The maximum atomic E-state index is 13.7. The van der Waals surface area contributed by atoms with Gasteiger partial charge in [0.15, 0.2) is 0 Å². The van der Waals surface area contributed by atoms with Crippen molar-refractivity contribution >= 4 is 59.8 Å². The molecule has 6 N–H and O–H groups in total. The predicted octanol–water partition coefficient (Wildman–Crippen LogP) is 6.09. The number of nitrogens with two attached hydrogens (primary N) is 3. The molecular formula is C35H37N3O. The number of rotatable bonds is 6. The van der Waals surface area contributed by atoms with Crippen molar-refractivity contribution in [2.75, 3.05) is 0 Å². The zero-order valence-electron chi connectivity index (χ0n) is 22.8. The van der Waals surface area contributed by atoms with Gasteiger partial charge in [0.1, 0.15) is 0 Å². The Morgan fingerprint density at radius 2 is 1.18 bits per heavy atom. The zero-order chi connectivity index (χ0) is 27.5. The van der Waals surface area contributed by atoms with Crippen LogP contribution in [0.15, 0.2) is 91.0 Å². The minimum Gasteiger partial charge on any atom is -0.848 e. The van der Waals surface area contributed by atoms with E-state index >= 15 is 0 Å². The van der Waals surface area contributed by atoms with Crippen molar-refractivity contribution in [2.24, 2.45) is 17.4 Å². The van der Waals surface area contributed by atoms with Gasteiger partial charge in [0.05, 0.1) is 0 Å². The Morgan fingerprint density at radius 1 is 0.667 bits per heavy atom. The Balaban J connectivity index is 0.000000723. The fourth-order valence-corrected chi connectivity index (χ4v) is 5.84. The first-order chi connectivity index (χ1) is 18.9. The van der Waals surface area contributed by atoms with Gasteiger partial charge in [0.2, 0.25) is 0 Å². The molecule has 0 heterocycles. The lowest BCUT2D eigenvalue weighted by Gasteiger charge is -2.33. The number of hydrogen-bond acceptors (Lipinski definition) is 1. The van der Waals surface area contributed by atoms with E-state index in [0.29, 0.717) is 0 Å². The molecule has 0 fully saturated rings. The van der Waals surface area contributed by atoms with Gasteiger partial charge in [-0.15, -0.1) is 0 Å². The van der Waals surface area contributed by atoms with Gasteiger partial charge in [-0.3, -0.25) is 16.9 Å². The van der Waals surface area contributed by atoms with Crippen LogP contribution in [0.4, 0.5) is 0 Å². The monoisotopic (exact) mass is 515 g/mol. The molecule has 0 saturated heterocycles. The Hall–Kier alpha value is -4.15. The van der Waals surface area contributed by atoms with Gasteiger partial charge in [-0.2, -0.15) is 0 Å². The molecule has 0 bridgehead atoms. The molecule has 6 aromatic carbocycles. The second-order valence-electron chi connectivity index (χ2n) is 10.6. The van der Waals surface area contributed by atoms with E-state index in [1.54, 1.807) is 0 Å². The third kappa shape index (κ3) is 5.39. The molecule has 0 amide bonds. The van der Waals surface area contributed by atoms with E-state index in [1.807, 2.05) is 0 Å². The van der Waals surface area contributed by atoms with Crippen LogP contribution in [0.3, 0.4) is 0 Å². The fraction of sp³-hybridized carbons (Fsp3) is 0.229. The summed E-state index contributed by atoms with van der Waals surface area (Å²) in [5.74, 6) is 0.0981. The quantitative estimate of drug-likeness (QED) is 0.108. The number of guanidine groups is 1. The van der Waals surface area contributed by atoms with Crippen molar-refractivity contribution < 1.29 is 10.5 Å². The Bertz CT molecular complexity index is 1800. The second-order valence-corrected chi connectivity index (χ2v) is 10.6.